The van der Waals surface area contributed by atoms with Crippen LogP contribution in [0.4, 0.5) is 4.39 Å². The molecule has 0 aromatic rings. The molecule has 0 rings (SSSR count). The maximum atomic E-state index is 10.5. The average molecular weight is 209 g/mol. The van der Waals surface area contributed by atoms with Crippen LogP contribution in [0.15, 0.2) is 0 Å². The van der Waals surface area contributed by atoms with Gasteiger partial charge in [-0.15, -0.1) is 9.24 Å². The molecule has 13 heavy (non-hydrogen) atoms. The highest BCUT2D eigenvalue weighted by molar-refractivity contribution is 7.16. The minimum Gasteiger partial charge on any atom is -0.356 e. The first kappa shape index (κ1) is 15.3. The van der Waals surface area contributed by atoms with Gasteiger partial charge in [-0.25, -0.2) is 0 Å². The van der Waals surface area contributed by atoms with Crippen LogP contribution in [0.5, 0.6) is 0 Å². The smallest absolute Gasteiger partial charge is 0.216 e. The summed E-state index contributed by atoms with van der Waals surface area (Å²) in [5, 5.41) is 2.81. The molecule has 0 aliphatic carbocycles. The molecule has 0 heterocycles. The van der Waals surface area contributed by atoms with Crippen molar-refractivity contribution in [1.82, 2.24) is 5.32 Å². The molecule has 80 valence electrons. The van der Waals surface area contributed by atoms with Gasteiger partial charge in [0.2, 0.25) is 5.91 Å². The lowest BCUT2D eigenvalue weighted by Gasteiger charge is -2.10. The fourth-order valence-electron chi connectivity index (χ4n) is 0.886. The molecule has 0 bridgehead atoms. The number of alkyl halides is 1. The van der Waals surface area contributed by atoms with E-state index in [9.17, 15) is 9.18 Å². The first-order chi connectivity index (χ1) is 6.16. The molecule has 0 aromatic heterocycles. The lowest BCUT2D eigenvalue weighted by Crippen LogP contribution is -2.25. The van der Waals surface area contributed by atoms with Crippen LogP contribution in [0.3, 0.4) is 0 Å². The molecule has 2 nitrogen and oxygen atoms in total. The highest BCUT2D eigenvalue weighted by atomic mass is 31.0. The molecule has 0 aliphatic heterocycles. The van der Waals surface area contributed by atoms with E-state index in [-0.39, 0.29) is 5.91 Å². The molecule has 1 N–H and O–H groups in total. The van der Waals surface area contributed by atoms with Crippen LogP contribution in [0, 0.1) is 5.92 Å². The largest absolute Gasteiger partial charge is 0.356 e. The fourth-order valence-corrected chi connectivity index (χ4v) is 1.12. The highest BCUT2D eigenvalue weighted by Gasteiger charge is 2.00. The van der Waals surface area contributed by atoms with Crippen LogP contribution in [-0.2, 0) is 4.79 Å². The summed E-state index contributed by atoms with van der Waals surface area (Å²) in [4.78, 5) is 10.5. The van der Waals surface area contributed by atoms with Gasteiger partial charge in [0.15, 0.2) is 0 Å². The minimum atomic E-state index is 0.0720. The summed E-state index contributed by atoms with van der Waals surface area (Å²) < 4.78 is 9.50. The van der Waals surface area contributed by atoms with Crippen LogP contribution >= 0.6 is 9.24 Å². The third kappa shape index (κ3) is 14.7. The highest BCUT2D eigenvalue weighted by Crippen LogP contribution is 2.05. The zero-order chi connectivity index (χ0) is 10.7. The van der Waals surface area contributed by atoms with Crippen molar-refractivity contribution in [2.75, 3.05) is 19.9 Å². The van der Waals surface area contributed by atoms with Gasteiger partial charge in [-0.3, -0.25) is 9.18 Å². The van der Waals surface area contributed by atoms with Crippen LogP contribution in [0.1, 0.15) is 26.7 Å². The second kappa shape index (κ2) is 11.8. The minimum absolute atomic E-state index is 0.0720. The molecule has 0 saturated heterocycles. The first-order valence-electron chi connectivity index (χ1n) is 4.49. The van der Waals surface area contributed by atoms with E-state index in [2.05, 4.69) is 21.5 Å². The van der Waals surface area contributed by atoms with Crippen LogP contribution < -0.4 is 5.32 Å². The summed E-state index contributed by atoms with van der Waals surface area (Å²) in [5.74, 6) is 0.683. The molecule has 1 amide bonds. The van der Waals surface area contributed by atoms with Gasteiger partial charge in [-0.1, -0.05) is 6.92 Å². The van der Waals surface area contributed by atoms with E-state index in [1.807, 2.05) is 0 Å². The molecule has 2 atom stereocenters. The Hall–Kier alpha value is -0.170. The Balaban J connectivity index is 0. The van der Waals surface area contributed by atoms with Gasteiger partial charge in [0.1, 0.15) is 0 Å². The molecule has 0 spiro atoms. The molecule has 0 saturated carbocycles. The second-order valence-corrected chi connectivity index (χ2v) is 3.55. The van der Waals surface area contributed by atoms with Crippen molar-refractivity contribution in [3.8, 4) is 0 Å². The van der Waals surface area contributed by atoms with Gasteiger partial charge in [-0.05, 0) is 24.9 Å². The van der Waals surface area contributed by atoms with E-state index in [1.54, 1.807) is 6.92 Å². The molecule has 0 fully saturated rings. The van der Waals surface area contributed by atoms with Crippen molar-refractivity contribution in [3.63, 3.8) is 0 Å². The SMILES string of the molecule is CC(=O)NCC(C)CCCP.CF. The summed E-state index contributed by atoms with van der Waals surface area (Å²) in [6.45, 7) is 4.54. The summed E-state index contributed by atoms with van der Waals surface area (Å²) in [5.41, 5.74) is 0. The van der Waals surface area contributed by atoms with Gasteiger partial charge in [-0.2, -0.15) is 0 Å². The predicted molar refractivity (Wildman–Crippen MR) is 58.7 cm³/mol. The van der Waals surface area contributed by atoms with Crippen LogP contribution in [0.2, 0.25) is 0 Å². The Morgan fingerprint density at radius 1 is 1.54 bits per heavy atom. The number of hydrogen-bond acceptors (Lipinski definition) is 1. The van der Waals surface area contributed by atoms with Crippen molar-refractivity contribution in [3.05, 3.63) is 0 Å². The summed E-state index contributed by atoms with van der Waals surface area (Å²) >= 11 is 0. The topological polar surface area (TPSA) is 29.1 Å². The third-order valence-electron chi connectivity index (χ3n) is 1.60. The van der Waals surface area contributed by atoms with E-state index >= 15 is 0 Å². The van der Waals surface area contributed by atoms with Crippen LogP contribution in [-0.4, -0.2) is 25.8 Å². The molecule has 2 unspecified atom stereocenters. The number of amides is 1. The molecule has 0 aliphatic rings. The summed E-state index contributed by atoms with van der Waals surface area (Å²) in [6, 6.07) is 0. The van der Waals surface area contributed by atoms with Gasteiger partial charge >= 0.3 is 0 Å². The standard InChI is InChI=1S/C8H18NOP.CH3F/c1-7(4-3-5-11)6-9-8(2)10;1-2/h7H,3-6,11H2,1-2H3,(H,9,10);1H3. The van der Waals surface area contributed by atoms with Gasteiger partial charge < -0.3 is 5.32 Å². The third-order valence-corrected chi connectivity index (χ3v) is 2.01. The van der Waals surface area contributed by atoms with Crippen molar-refractivity contribution < 1.29 is 9.18 Å². The van der Waals surface area contributed by atoms with E-state index < -0.39 is 0 Å². The molecule has 4 heteroatoms. The summed E-state index contributed by atoms with van der Waals surface area (Å²) in [7, 11) is 3.21. The zero-order valence-corrected chi connectivity index (χ0v) is 9.92. The van der Waals surface area contributed by atoms with Crippen LogP contribution in [0.25, 0.3) is 0 Å². The monoisotopic (exact) mass is 209 g/mol. The molecule has 0 aromatic carbocycles. The Kier molecular flexibility index (Phi) is 13.9. The van der Waals surface area contributed by atoms with Crippen molar-refractivity contribution >= 4 is 15.1 Å². The number of carbonyl (C=O) groups is 1. The molecule has 0 radical (unpaired) electrons. The quantitative estimate of drug-likeness (QED) is 0.689. The predicted octanol–water partition coefficient (Wildman–Crippen LogP) is 2.00. The lowest BCUT2D eigenvalue weighted by molar-refractivity contribution is -0.119. The molecular weight excluding hydrogens is 188 g/mol. The number of hydrogen-bond donors (Lipinski definition) is 1. The van der Waals surface area contributed by atoms with Crippen molar-refractivity contribution in [2.24, 2.45) is 5.92 Å². The van der Waals surface area contributed by atoms with Gasteiger partial charge in [0.05, 0.1) is 7.18 Å². The number of rotatable bonds is 5. The number of nitrogens with one attached hydrogen (secondary N) is 1. The van der Waals surface area contributed by atoms with Crippen molar-refractivity contribution in [1.29, 1.82) is 0 Å². The second-order valence-electron chi connectivity index (χ2n) is 2.97. The van der Waals surface area contributed by atoms with Crippen molar-refractivity contribution in [2.45, 2.75) is 26.7 Å². The first-order valence-corrected chi connectivity index (χ1v) is 5.30. The Morgan fingerprint density at radius 2 is 2.08 bits per heavy atom. The van der Waals surface area contributed by atoms with Gasteiger partial charge in [0, 0.05) is 13.5 Å². The van der Waals surface area contributed by atoms with E-state index in [0.29, 0.717) is 13.1 Å². The Labute approximate surface area is 82.9 Å². The van der Waals surface area contributed by atoms with E-state index in [1.165, 1.54) is 12.8 Å². The number of halogens is 1. The van der Waals surface area contributed by atoms with E-state index in [0.717, 1.165) is 12.7 Å². The lowest BCUT2D eigenvalue weighted by atomic mass is 10.1. The number of carbonyl (C=O) groups excluding carboxylic acids is 1. The Bertz CT molecular complexity index is 122. The summed E-state index contributed by atoms with van der Waals surface area (Å²) in [6.07, 6.45) is 3.58. The van der Waals surface area contributed by atoms with Gasteiger partial charge in [0.25, 0.3) is 0 Å². The normalized spacial score (nSPS) is 11.2. The fraction of sp³-hybridized carbons (Fsp3) is 0.889. The maximum absolute atomic E-state index is 10.5. The maximum Gasteiger partial charge on any atom is 0.216 e. The Morgan fingerprint density at radius 3 is 2.46 bits per heavy atom. The van der Waals surface area contributed by atoms with E-state index in [4.69, 9.17) is 0 Å². The zero-order valence-electron chi connectivity index (χ0n) is 8.77. The average Bonchev–Trinajstić information content (AvgIpc) is 2.14. The molecular formula is C9H21FNOP.